The summed E-state index contributed by atoms with van der Waals surface area (Å²) in [6, 6.07) is 2.74. The monoisotopic (exact) mass is 253 g/mol. The van der Waals surface area contributed by atoms with Gasteiger partial charge in [-0.05, 0) is 23.8 Å². The minimum atomic E-state index is -4.47. The lowest BCUT2D eigenvalue weighted by molar-refractivity contribution is -0.137. The normalized spacial score (nSPS) is 11.2. The Bertz CT molecular complexity index is 406. The van der Waals surface area contributed by atoms with Crippen molar-refractivity contribution in [1.29, 1.82) is 0 Å². The summed E-state index contributed by atoms with van der Waals surface area (Å²) in [5, 5.41) is 10.3. The number of nitrogens with one attached hydrogen (secondary N) is 1. The van der Waals surface area contributed by atoms with Crippen molar-refractivity contribution in [1.82, 2.24) is 5.32 Å². The van der Waals surface area contributed by atoms with E-state index >= 15 is 0 Å². The van der Waals surface area contributed by atoms with Crippen LogP contribution in [0.3, 0.4) is 0 Å². The second-order valence-corrected chi connectivity index (χ2v) is 3.37. The molecular formula is C9H7ClF3NO2. The molecule has 0 unspecified atom stereocenters. The van der Waals surface area contributed by atoms with Gasteiger partial charge in [0.25, 0.3) is 0 Å². The fourth-order valence-corrected chi connectivity index (χ4v) is 1.24. The molecule has 0 saturated heterocycles. The summed E-state index contributed by atoms with van der Waals surface area (Å²) in [6.07, 6.45) is -5.80. The Morgan fingerprint density at radius 1 is 1.44 bits per heavy atom. The third kappa shape index (κ3) is 3.30. The second kappa shape index (κ2) is 4.61. The van der Waals surface area contributed by atoms with E-state index in [2.05, 4.69) is 0 Å². The predicted molar refractivity (Wildman–Crippen MR) is 51.3 cm³/mol. The number of carboxylic acid groups (broad SMARTS) is 1. The lowest BCUT2D eigenvalue weighted by atomic mass is 10.1. The number of hydrogen-bond donors (Lipinski definition) is 2. The van der Waals surface area contributed by atoms with Gasteiger partial charge in [-0.1, -0.05) is 11.6 Å². The molecule has 0 fully saturated rings. The van der Waals surface area contributed by atoms with Gasteiger partial charge in [0.15, 0.2) is 0 Å². The first-order valence-corrected chi connectivity index (χ1v) is 4.51. The first-order valence-electron chi connectivity index (χ1n) is 4.13. The number of benzene rings is 1. The highest BCUT2D eigenvalue weighted by Gasteiger charge is 2.30. The molecule has 0 spiro atoms. The molecule has 88 valence electrons. The quantitative estimate of drug-likeness (QED) is 0.851. The van der Waals surface area contributed by atoms with Gasteiger partial charge >= 0.3 is 12.3 Å². The second-order valence-electron chi connectivity index (χ2n) is 2.96. The summed E-state index contributed by atoms with van der Waals surface area (Å²) in [7, 11) is 0. The van der Waals surface area contributed by atoms with Crippen LogP contribution in [0.4, 0.5) is 18.0 Å². The summed E-state index contributed by atoms with van der Waals surface area (Å²) >= 11 is 5.63. The summed E-state index contributed by atoms with van der Waals surface area (Å²) in [5.74, 6) is 0. The molecule has 1 amide bonds. The fourth-order valence-electron chi connectivity index (χ4n) is 1.06. The summed E-state index contributed by atoms with van der Waals surface area (Å²) in [5.41, 5.74) is -0.780. The smallest absolute Gasteiger partial charge is 0.416 e. The molecule has 1 rings (SSSR count). The molecule has 0 radical (unpaired) electrons. The van der Waals surface area contributed by atoms with E-state index in [0.29, 0.717) is 0 Å². The number of alkyl halides is 3. The number of rotatable bonds is 2. The van der Waals surface area contributed by atoms with Crippen LogP contribution in [0.15, 0.2) is 18.2 Å². The molecule has 0 bridgehead atoms. The van der Waals surface area contributed by atoms with Crippen LogP contribution in [0, 0.1) is 0 Å². The van der Waals surface area contributed by atoms with E-state index in [4.69, 9.17) is 16.7 Å². The van der Waals surface area contributed by atoms with Crippen molar-refractivity contribution in [2.45, 2.75) is 12.7 Å². The third-order valence-electron chi connectivity index (χ3n) is 1.80. The van der Waals surface area contributed by atoms with E-state index < -0.39 is 17.8 Å². The largest absolute Gasteiger partial charge is 0.465 e. The molecule has 1 aromatic rings. The minimum Gasteiger partial charge on any atom is -0.465 e. The zero-order valence-corrected chi connectivity index (χ0v) is 8.56. The van der Waals surface area contributed by atoms with Crippen molar-refractivity contribution in [3.05, 3.63) is 34.3 Å². The molecule has 3 nitrogen and oxygen atoms in total. The maximum atomic E-state index is 12.3. The first kappa shape index (κ1) is 12.6. The number of carbonyl (C=O) groups is 1. The van der Waals surface area contributed by atoms with Crippen molar-refractivity contribution < 1.29 is 23.1 Å². The Balaban J connectivity index is 2.95. The molecule has 0 aliphatic heterocycles. The van der Waals surface area contributed by atoms with Crippen LogP contribution in [0.25, 0.3) is 0 Å². The van der Waals surface area contributed by atoms with E-state index in [1.165, 1.54) is 0 Å². The third-order valence-corrected chi connectivity index (χ3v) is 2.17. The zero-order chi connectivity index (χ0) is 12.3. The molecule has 0 atom stereocenters. The lowest BCUT2D eigenvalue weighted by Crippen LogP contribution is -2.20. The molecule has 0 aromatic heterocycles. The van der Waals surface area contributed by atoms with Gasteiger partial charge in [-0.2, -0.15) is 13.2 Å². The Kier molecular flexibility index (Phi) is 3.64. The number of amides is 1. The zero-order valence-electron chi connectivity index (χ0n) is 7.81. The highest BCUT2D eigenvalue weighted by atomic mass is 35.5. The SMILES string of the molecule is O=C(O)NCc1cc(C(F)(F)F)ccc1Cl. The lowest BCUT2D eigenvalue weighted by Gasteiger charge is -2.10. The molecule has 0 aliphatic carbocycles. The number of hydrogen-bond acceptors (Lipinski definition) is 1. The van der Waals surface area contributed by atoms with Crippen molar-refractivity contribution in [2.24, 2.45) is 0 Å². The van der Waals surface area contributed by atoms with Crippen LogP contribution in [0.1, 0.15) is 11.1 Å². The van der Waals surface area contributed by atoms with Gasteiger partial charge in [0, 0.05) is 11.6 Å². The standard InChI is InChI=1S/C9H7ClF3NO2/c10-7-2-1-6(9(11,12)13)3-5(7)4-14-8(15)16/h1-3,14H,4H2,(H,15,16). The van der Waals surface area contributed by atoms with E-state index in [1.807, 2.05) is 5.32 Å². The molecule has 2 N–H and O–H groups in total. The van der Waals surface area contributed by atoms with Gasteiger partial charge in [-0.3, -0.25) is 0 Å². The van der Waals surface area contributed by atoms with Crippen molar-refractivity contribution in [3.8, 4) is 0 Å². The molecule has 7 heteroatoms. The van der Waals surface area contributed by atoms with Crippen LogP contribution in [-0.4, -0.2) is 11.2 Å². The topological polar surface area (TPSA) is 49.3 Å². The summed E-state index contributed by atoms with van der Waals surface area (Å²) < 4.78 is 37.0. The van der Waals surface area contributed by atoms with Crippen LogP contribution in [-0.2, 0) is 12.7 Å². The van der Waals surface area contributed by atoms with E-state index in [-0.39, 0.29) is 17.1 Å². The van der Waals surface area contributed by atoms with Crippen LogP contribution in [0.2, 0.25) is 5.02 Å². The minimum absolute atomic E-state index is 0.0823. The maximum Gasteiger partial charge on any atom is 0.416 e. The Hall–Kier alpha value is -1.43. The Morgan fingerprint density at radius 2 is 2.06 bits per heavy atom. The van der Waals surface area contributed by atoms with Crippen molar-refractivity contribution >= 4 is 17.7 Å². The van der Waals surface area contributed by atoms with Gasteiger partial charge < -0.3 is 10.4 Å². The van der Waals surface area contributed by atoms with Crippen molar-refractivity contribution in [3.63, 3.8) is 0 Å². The highest BCUT2D eigenvalue weighted by molar-refractivity contribution is 6.31. The maximum absolute atomic E-state index is 12.3. The van der Waals surface area contributed by atoms with Gasteiger partial charge in [-0.15, -0.1) is 0 Å². The summed E-state index contributed by atoms with van der Waals surface area (Å²) in [6.45, 7) is -0.266. The molecule has 0 aliphatic rings. The van der Waals surface area contributed by atoms with Gasteiger partial charge in [0.05, 0.1) is 5.56 Å². The van der Waals surface area contributed by atoms with E-state index in [0.717, 1.165) is 18.2 Å². The molecule has 1 aromatic carbocycles. The van der Waals surface area contributed by atoms with E-state index in [9.17, 15) is 18.0 Å². The summed E-state index contributed by atoms with van der Waals surface area (Å²) in [4.78, 5) is 10.2. The van der Waals surface area contributed by atoms with Gasteiger partial charge in [0.1, 0.15) is 0 Å². The average molecular weight is 254 g/mol. The average Bonchev–Trinajstić information content (AvgIpc) is 2.14. The van der Waals surface area contributed by atoms with Crippen LogP contribution in [0.5, 0.6) is 0 Å². The fraction of sp³-hybridized carbons (Fsp3) is 0.222. The number of halogens is 4. The molecule has 0 heterocycles. The van der Waals surface area contributed by atoms with Crippen LogP contribution >= 0.6 is 11.6 Å². The Labute approximate surface area is 93.8 Å². The molecule has 16 heavy (non-hydrogen) atoms. The Morgan fingerprint density at radius 3 is 2.56 bits per heavy atom. The molecular weight excluding hydrogens is 247 g/mol. The first-order chi connectivity index (χ1) is 7.30. The van der Waals surface area contributed by atoms with Crippen LogP contribution < -0.4 is 5.32 Å². The van der Waals surface area contributed by atoms with E-state index in [1.54, 1.807) is 0 Å². The van der Waals surface area contributed by atoms with Gasteiger partial charge in [-0.25, -0.2) is 4.79 Å². The molecule has 0 saturated carbocycles. The van der Waals surface area contributed by atoms with Crippen molar-refractivity contribution in [2.75, 3.05) is 0 Å². The van der Waals surface area contributed by atoms with Gasteiger partial charge in [0.2, 0.25) is 0 Å². The highest BCUT2D eigenvalue weighted by Crippen LogP contribution is 2.31. The predicted octanol–water partition coefficient (Wildman–Crippen LogP) is 3.13.